The molecule has 3 aromatic carbocycles. The van der Waals surface area contributed by atoms with Crippen molar-refractivity contribution in [2.75, 3.05) is 0 Å². The van der Waals surface area contributed by atoms with Gasteiger partial charge in [0.15, 0.2) is 0 Å². The molecule has 0 fully saturated rings. The number of furan rings is 1. The Morgan fingerprint density at radius 2 is 1.83 bits per heavy atom. The van der Waals surface area contributed by atoms with Gasteiger partial charge in [-0.2, -0.15) is 0 Å². The number of hydrogen-bond donors (Lipinski definition) is 1. The summed E-state index contributed by atoms with van der Waals surface area (Å²) in [6, 6.07) is 26.5. The van der Waals surface area contributed by atoms with Crippen LogP contribution in [0.4, 0.5) is 4.39 Å². The Morgan fingerprint density at radius 1 is 0.976 bits per heavy atom. The number of carboxylic acids is 1. The van der Waals surface area contributed by atoms with Crippen LogP contribution in [0.2, 0.25) is 5.02 Å². The Hall–Kier alpha value is -4.95. The molecule has 0 aliphatic heterocycles. The lowest BCUT2D eigenvalue weighted by Gasteiger charge is -2.10. The van der Waals surface area contributed by atoms with Gasteiger partial charge in [0.25, 0.3) is 0 Å². The summed E-state index contributed by atoms with van der Waals surface area (Å²) in [5, 5.41) is 9.82. The number of fused-ring (bicyclic) bond motifs is 1. The minimum absolute atomic E-state index is 0.0331. The van der Waals surface area contributed by atoms with Gasteiger partial charge in [0, 0.05) is 28.6 Å². The quantitative estimate of drug-likeness (QED) is 0.196. The van der Waals surface area contributed by atoms with Gasteiger partial charge in [-0.3, -0.25) is 0 Å². The zero-order chi connectivity index (χ0) is 28.3. The molecule has 0 atom stereocenters. The molecule has 6 rings (SSSR count). The minimum atomic E-state index is -0.991. The molecule has 0 saturated heterocycles. The van der Waals surface area contributed by atoms with Gasteiger partial charge < -0.3 is 18.8 Å². The highest BCUT2D eigenvalue weighted by atomic mass is 35.5. The van der Waals surface area contributed by atoms with Crippen LogP contribution >= 0.6 is 11.6 Å². The lowest BCUT2D eigenvalue weighted by molar-refractivity contribution is 0.0697. The molecule has 0 bridgehead atoms. The van der Waals surface area contributed by atoms with E-state index in [0.717, 1.165) is 33.9 Å². The van der Waals surface area contributed by atoms with E-state index < -0.39 is 11.8 Å². The monoisotopic (exact) mass is 567 g/mol. The van der Waals surface area contributed by atoms with E-state index in [1.165, 1.54) is 6.07 Å². The number of aromatic nitrogens is 3. The highest BCUT2D eigenvalue weighted by molar-refractivity contribution is 6.30. The third-order valence-electron chi connectivity index (χ3n) is 6.69. The van der Waals surface area contributed by atoms with Crippen LogP contribution in [0.5, 0.6) is 5.88 Å². The Balaban J connectivity index is 1.22. The van der Waals surface area contributed by atoms with Crippen LogP contribution in [0.1, 0.15) is 33.1 Å². The molecule has 7 nitrogen and oxygen atoms in total. The topological polar surface area (TPSA) is 90.4 Å². The molecule has 0 radical (unpaired) electrons. The van der Waals surface area contributed by atoms with Crippen LogP contribution in [0, 0.1) is 5.82 Å². The van der Waals surface area contributed by atoms with Crippen molar-refractivity contribution in [3.8, 4) is 17.1 Å². The summed E-state index contributed by atoms with van der Waals surface area (Å²) in [6.07, 6.45) is 2.14. The molecule has 9 heteroatoms. The Labute approximate surface area is 239 Å². The van der Waals surface area contributed by atoms with E-state index in [1.807, 2.05) is 53.1 Å². The Morgan fingerprint density at radius 3 is 2.59 bits per heavy atom. The van der Waals surface area contributed by atoms with Crippen LogP contribution < -0.4 is 4.74 Å². The number of aromatic carboxylic acids is 1. The fraction of sp³-hybridized carbons (Fsp3) is 0.0938. The summed E-state index contributed by atoms with van der Waals surface area (Å²) in [5.74, 6) is 0.496. The second kappa shape index (κ2) is 11.3. The largest absolute Gasteiger partial charge is 0.478 e. The molecular formula is C32H23ClFN3O4. The lowest BCUT2D eigenvalue weighted by Crippen LogP contribution is -2.06. The maximum absolute atomic E-state index is 14.1. The number of carbonyl (C=O) groups is 1. The molecule has 3 aromatic heterocycles. The molecule has 41 heavy (non-hydrogen) atoms. The fourth-order valence-electron chi connectivity index (χ4n) is 4.60. The summed E-state index contributed by atoms with van der Waals surface area (Å²) < 4.78 is 27.4. The number of benzene rings is 3. The minimum Gasteiger partial charge on any atom is -0.478 e. The summed E-state index contributed by atoms with van der Waals surface area (Å²) in [4.78, 5) is 21.0. The van der Waals surface area contributed by atoms with E-state index in [9.17, 15) is 14.3 Å². The van der Waals surface area contributed by atoms with E-state index in [1.54, 1.807) is 42.7 Å². The first-order valence-corrected chi connectivity index (χ1v) is 13.2. The van der Waals surface area contributed by atoms with E-state index in [2.05, 4.69) is 4.98 Å². The highest BCUT2D eigenvalue weighted by Crippen LogP contribution is 2.25. The molecule has 0 aliphatic carbocycles. The van der Waals surface area contributed by atoms with Crippen molar-refractivity contribution in [2.45, 2.75) is 19.6 Å². The van der Waals surface area contributed by atoms with E-state index in [4.69, 9.17) is 25.7 Å². The predicted octanol–water partition coefficient (Wildman–Crippen LogP) is 7.40. The van der Waals surface area contributed by atoms with Gasteiger partial charge in [0.2, 0.25) is 5.88 Å². The normalized spacial score (nSPS) is 11.2. The second-order valence-electron chi connectivity index (χ2n) is 9.46. The van der Waals surface area contributed by atoms with E-state index >= 15 is 0 Å². The van der Waals surface area contributed by atoms with Gasteiger partial charge in [-0.1, -0.05) is 48.0 Å². The van der Waals surface area contributed by atoms with Gasteiger partial charge in [0.05, 0.1) is 35.1 Å². The molecule has 0 amide bonds. The summed E-state index contributed by atoms with van der Waals surface area (Å²) in [7, 11) is 0. The van der Waals surface area contributed by atoms with Crippen molar-refractivity contribution >= 4 is 28.6 Å². The van der Waals surface area contributed by atoms with Crippen molar-refractivity contribution in [3.63, 3.8) is 0 Å². The zero-order valence-corrected chi connectivity index (χ0v) is 22.4. The molecular weight excluding hydrogens is 545 g/mol. The number of rotatable bonds is 9. The Kier molecular flexibility index (Phi) is 7.22. The van der Waals surface area contributed by atoms with Crippen molar-refractivity contribution in [3.05, 3.63) is 136 Å². The van der Waals surface area contributed by atoms with Crippen LogP contribution in [0.15, 0.2) is 102 Å². The lowest BCUT2D eigenvalue weighted by atomic mass is 10.1. The van der Waals surface area contributed by atoms with Crippen LogP contribution in [0.3, 0.4) is 0 Å². The standard InChI is InChI=1S/C32H23ClFN3O4/c33-24-12-10-23(26(34)17-24)19-41-31-5-1-4-27(36-31)21-8-6-20(7-9-21)15-30-35-28-13-11-22(32(38)39)16-29(28)37(30)18-25-3-2-14-40-25/h1-14,16-17H,15,18-19H2,(H,38,39). The SMILES string of the molecule is O=C(O)c1ccc2nc(Cc3ccc(-c4cccc(OCc5ccc(Cl)cc5F)n4)cc3)n(Cc3ccco3)c2c1. The molecule has 6 aromatic rings. The number of carboxylic acid groups (broad SMARTS) is 1. The van der Waals surface area contributed by atoms with E-state index in [0.29, 0.717) is 34.9 Å². The van der Waals surface area contributed by atoms with Gasteiger partial charge in [0.1, 0.15) is 24.0 Å². The van der Waals surface area contributed by atoms with Crippen molar-refractivity contribution in [1.29, 1.82) is 0 Å². The molecule has 0 aliphatic rings. The number of hydrogen-bond acceptors (Lipinski definition) is 5. The third-order valence-corrected chi connectivity index (χ3v) is 6.93. The number of imidazole rings is 1. The Bertz CT molecular complexity index is 1850. The number of halogens is 2. The first-order chi connectivity index (χ1) is 19.9. The van der Waals surface area contributed by atoms with Gasteiger partial charge >= 0.3 is 5.97 Å². The highest BCUT2D eigenvalue weighted by Gasteiger charge is 2.16. The molecule has 0 unspecified atom stereocenters. The van der Waals surface area contributed by atoms with Gasteiger partial charge in [-0.15, -0.1) is 0 Å². The zero-order valence-electron chi connectivity index (χ0n) is 21.6. The van der Waals surface area contributed by atoms with Gasteiger partial charge in [-0.05, 0) is 54.1 Å². The van der Waals surface area contributed by atoms with Crippen molar-refractivity contribution in [2.24, 2.45) is 0 Å². The first-order valence-electron chi connectivity index (χ1n) is 12.8. The van der Waals surface area contributed by atoms with Crippen LogP contribution in [0.25, 0.3) is 22.3 Å². The maximum atomic E-state index is 14.1. The molecule has 0 saturated carbocycles. The molecule has 3 heterocycles. The summed E-state index contributed by atoms with van der Waals surface area (Å²) >= 11 is 5.83. The molecule has 1 N–H and O–H groups in total. The average molecular weight is 568 g/mol. The van der Waals surface area contributed by atoms with Crippen LogP contribution in [-0.4, -0.2) is 25.6 Å². The molecule has 204 valence electrons. The predicted molar refractivity (Wildman–Crippen MR) is 153 cm³/mol. The van der Waals surface area contributed by atoms with Crippen molar-refractivity contribution < 1.29 is 23.4 Å². The molecule has 0 spiro atoms. The fourth-order valence-corrected chi connectivity index (χ4v) is 4.76. The first kappa shape index (κ1) is 26.3. The van der Waals surface area contributed by atoms with Crippen LogP contribution in [-0.2, 0) is 19.6 Å². The second-order valence-corrected chi connectivity index (χ2v) is 9.90. The number of ether oxygens (including phenoxy) is 1. The maximum Gasteiger partial charge on any atom is 0.335 e. The average Bonchev–Trinajstić information content (AvgIpc) is 3.61. The third kappa shape index (κ3) is 5.83. The van der Waals surface area contributed by atoms with Crippen molar-refractivity contribution in [1.82, 2.24) is 14.5 Å². The van der Waals surface area contributed by atoms with Gasteiger partial charge in [-0.25, -0.2) is 19.2 Å². The smallest absolute Gasteiger partial charge is 0.335 e. The number of nitrogens with zero attached hydrogens (tertiary/aromatic N) is 3. The summed E-state index contributed by atoms with van der Waals surface area (Å²) in [5.41, 5.74) is 4.67. The summed E-state index contributed by atoms with van der Waals surface area (Å²) in [6.45, 7) is 0.460. The van der Waals surface area contributed by atoms with E-state index in [-0.39, 0.29) is 12.2 Å². The number of pyridine rings is 1.